The molecule has 1 aliphatic rings. The summed E-state index contributed by atoms with van der Waals surface area (Å²) in [7, 11) is 0. The second-order valence-corrected chi connectivity index (χ2v) is 8.37. The zero-order valence-corrected chi connectivity index (χ0v) is 16.6. The third-order valence-electron chi connectivity index (χ3n) is 5.86. The highest BCUT2D eigenvalue weighted by Crippen LogP contribution is 2.35. The monoisotopic (exact) mass is 400 g/mol. The van der Waals surface area contributed by atoms with Crippen LogP contribution in [0.15, 0.2) is 47.5 Å². The third kappa shape index (κ3) is 2.85. The van der Waals surface area contributed by atoms with Gasteiger partial charge in [-0.15, -0.1) is 0 Å². The van der Waals surface area contributed by atoms with E-state index in [1.165, 1.54) is 11.3 Å². The molecule has 7 heteroatoms. The molecule has 0 aliphatic carbocycles. The van der Waals surface area contributed by atoms with Crippen LogP contribution in [0.5, 0.6) is 0 Å². The van der Waals surface area contributed by atoms with Crippen LogP contribution in [0.4, 0.5) is 0 Å². The second-order valence-electron chi connectivity index (χ2n) is 7.59. The maximum atomic E-state index is 4.71. The Bertz CT molecular complexity index is 1290. The topological polar surface area (TPSA) is 82.3 Å². The first kappa shape index (κ1) is 16.9. The predicted molar refractivity (Wildman–Crippen MR) is 117 cm³/mol. The third-order valence-corrected chi connectivity index (χ3v) is 6.54. The van der Waals surface area contributed by atoms with Crippen molar-refractivity contribution < 1.29 is 0 Å². The summed E-state index contributed by atoms with van der Waals surface area (Å²) in [6, 6.07) is 6.53. The average Bonchev–Trinajstić information content (AvgIpc) is 3.52. The average molecular weight is 401 g/mol. The van der Waals surface area contributed by atoms with Crippen molar-refractivity contribution in [3.8, 4) is 22.5 Å². The number of nitrogens with one attached hydrogen (secondary N) is 3. The van der Waals surface area contributed by atoms with Crippen LogP contribution >= 0.6 is 11.3 Å². The summed E-state index contributed by atoms with van der Waals surface area (Å²) in [5, 5.41) is 17.7. The number of hydrogen-bond donors (Lipinski definition) is 3. The van der Waals surface area contributed by atoms with Gasteiger partial charge in [0.05, 0.1) is 29.1 Å². The maximum Gasteiger partial charge on any atom is 0.116 e. The molecule has 0 spiro atoms. The Balaban J connectivity index is 1.48. The van der Waals surface area contributed by atoms with Crippen LogP contribution in [-0.4, -0.2) is 38.2 Å². The zero-order chi connectivity index (χ0) is 19.2. The molecule has 0 aromatic carbocycles. The number of nitrogens with zero attached hydrogens (tertiary/aromatic N) is 3. The Morgan fingerprint density at radius 1 is 1.00 bits per heavy atom. The first-order valence-electron chi connectivity index (χ1n) is 9.91. The Morgan fingerprint density at radius 3 is 2.79 bits per heavy atom. The quantitative estimate of drug-likeness (QED) is 0.410. The lowest BCUT2D eigenvalue weighted by molar-refractivity contribution is 0.453. The molecule has 1 aliphatic heterocycles. The van der Waals surface area contributed by atoms with Crippen molar-refractivity contribution in [2.75, 3.05) is 13.1 Å². The largest absolute Gasteiger partial charge is 0.352 e. The number of H-pyrrole nitrogens is 2. The van der Waals surface area contributed by atoms with Gasteiger partial charge in [-0.05, 0) is 60.5 Å². The minimum absolute atomic E-state index is 0.514. The molecule has 0 saturated carbocycles. The molecular weight excluding hydrogens is 380 g/mol. The van der Waals surface area contributed by atoms with E-state index >= 15 is 0 Å². The van der Waals surface area contributed by atoms with Crippen molar-refractivity contribution in [2.24, 2.45) is 0 Å². The van der Waals surface area contributed by atoms with E-state index in [1.807, 2.05) is 18.6 Å². The highest BCUT2D eigenvalue weighted by Gasteiger charge is 2.19. The summed E-state index contributed by atoms with van der Waals surface area (Å²) in [5.74, 6) is 0.514. The van der Waals surface area contributed by atoms with Crippen molar-refractivity contribution >= 4 is 33.1 Å². The van der Waals surface area contributed by atoms with Crippen molar-refractivity contribution in [1.29, 1.82) is 0 Å². The van der Waals surface area contributed by atoms with Crippen molar-refractivity contribution in [3.05, 3.63) is 53.2 Å². The first-order chi connectivity index (χ1) is 14.4. The summed E-state index contributed by atoms with van der Waals surface area (Å²) < 4.78 is 0. The van der Waals surface area contributed by atoms with Crippen LogP contribution < -0.4 is 5.32 Å². The van der Waals surface area contributed by atoms with Gasteiger partial charge >= 0.3 is 0 Å². The van der Waals surface area contributed by atoms with Crippen LogP contribution in [0.2, 0.25) is 0 Å². The van der Waals surface area contributed by atoms with Gasteiger partial charge in [0, 0.05) is 34.1 Å². The lowest BCUT2D eigenvalue weighted by Gasteiger charge is -2.22. The molecule has 29 heavy (non-hydrogen) atoms. The molecule has 6 rings (SSSR count). The standard InChI is InChI=1S/C22H20N6S/c1-4-23-5-2-13(1)18-8-16-21(11-25-18)27-28-22(16)19-7-15-17(14-3-6-29-12-14)9-24-10-20(15)26-19/h3,6-13,23,26H,1-2,4-5H2,(H,27,28). The molecule has 0 amide bonds. The van der Waals surface area contributed by atoms with Crippen LogP contribution in [0, 0.1) is 0 Å². The Labute approximate surface area is 171 Å². The summed E-state index contributed by atoms with van der Waals surface area (Å²) in [6.45, 7) is 2.12. The molecule has 144 valence electrons. The van der Waals surface area contributed by atoms with Crippen molar-refractivity contribution in [2.45, 2.75) is 18.8 Å². The van der Waals surface area contributed by atoms with Gasteiger partial charge in [0.25, 0.3) is 0 Å². The highest BCUT2D eigenvalue weighted by molar-refractivity contribution is 7.08. The van der Waals surface area contributed by atoms with E-state index in [-0.39, 0.29) is 0 Å². The molecule has 0 atom stereocenters. The summed E-state index contributed by atoms with van der Waals surface area (Å²) >= 11 is 1.70. The van der Waals surface area contributed by atoms with E-state index in [4.69, 9.17) is 4.98 Å². The highest BCUT2D eigenvalue weighted by atomic mass is 32.1. The van der Waals surface area contributed by atoms with Gasteiger partial charge in [0.15, 0.2) is 0 Å². The van der Waals surface area contributed by atoms with Gasteiger partial charge in [-0.3, -0.25) is 15.1 Å². The summed E-state index contributed by atoms with van der Waals surface area (Å²) in [4.78, 5) is 12.7. The smallest absolute Gasteiger partial charge is 0.116 e. The number of pyridine rings is 2. The van der Waals surface area contributed by atoms with Crippen molar-refractivity contribution in [3.63, 3.8) is 0 Å². The van der Waals surface area contributed by atoms with Crippen LogP contribution in [-0.2, 0) is 0 Å². The van der Waals surface area contributed by atoms with E-state index in [2.05, 4.69) is 54.4 Å². The van der Waals surface area contributed by atoms with Crippen LogP contribution in [0.3, 0.4) is 0 Å². The van der Waals surface area contributed by atoms with Crippen LogP contribution in [0.1, 0.15) is 24.5 Å². The van der Waals surface area contributed by atoms with Gasteiger partial charge < -0.3 is 10.3 Å². The SMILES string of the molecule is c1cc(-c2cncc3[nH]c(-c4n[nH]c5cnc(C6CCNCC6)cc45)cc23)cs1. The maximum absolute atomic E-state index is 4.71. The first-order valence-corrected chi connectivity index (χ1v) is 10.9. The minimum Gasteiger partial charge on any atom is -0.352 e. The van der Waals surface area contributed by atoms with E-state index in [0.717, 1.165) is 64.7 Å². The summed E-state index contributed by atoms with van der Waals surface area (Å²) in [6.07, 6.45) is 8.00. The lowest BCUT2D eigenvalue weighted by Crippen LogP contribution is -2.27. The van der Waals surface area contributed by atoms with Gasteiger partial charge in [0.1, 0.15) is 5.69 Å². The van der Waals surface area contributed by atoms with Gasteiger partial charge in [-0.1, -0.05) is 0 Å². The second kappa shape index (κ2) is 6.79. The summed E-state index contributed by atoms with van der Waals surface area (Å²) in [5.41, 5.74) is 7.42. The normalized spacial score (nSPS) is 15.4. The molecule has 0 bridgehead atoms. The van der Waals surface area contributed by atoms with E-state index in [9.17, 15) is 0 Å². The Hall–Kier alpha value is -3.03. The molecular formula is C22H20N6S. The molecule has 1 fully saturated rings. The Morgan fingerprint density at radius 2 is 1.93 bits per heavy atom. The number of thiophene rings is 1. The lowest BCUT2D eigenvalue weighted by atomic mass is 9.93. The number of aromatic amines is 2. The number of fused-ring (bicyclic) bond motifs is 2. The van der Waals surface area contributed by atoms with Crippen molar-refractivity contribution in [1.82, 2.24) is 30.5 Å². The van der Waals surface area contributed by atoms with Gasteiger partial charge in [-0.2, -0.15) is 16.4 Å². The zero-order valence-electron chi connectivity index (χ0n) is 15.8. The molecule has 5 aromatic heterocycles. The van der Waals surface area contributed by atoms with E-state index in [1.54, 1.807) is 11.3 Å². The molecule has 6 heterocycles. The number of rotatable bonds is 3. The molecule has 1 saturated heterocycles. The number of hydrogen-bond acceptors (Lipinski definition) is 5. The fraction of sp³-hybridized carbons (Fsp3) is 0.227. The number of piperidine rings is 1. The fourth-order valence-corrected chi connectivity index (χ4v) is 4.96. The van der Waals surface area contributed by atoms with Gasteiger partial charge in [-0.25, -0.2) is 0 Å². The molecule has 6 nitrogen and oxygen atoms in total. The predicted octanol–water partition coefficient (Wildman–Crippen LogP) is 4.70. The minimum atomic E-state index is 0.514. The molecule has 0 unspecified atom stereocenters. The van der Waals surface area contributed by atoms with E-state index < -0.39 is 0 Å². The molecule has 3 N–H and O–H groups in total. The Kier molecular flexibility index (Phi) is 3.95. The van der Waals surface area contributed by atoms with E-state index in [0.29, 0.717) is 5.92 Å². The number of aromatic nitrogens is 5. The van der Waals surface area contributed by atoms with Gasteiger partial charge in [0.2, 0.25) is 0 Å². The molecule has 0 radical (unpaired) electrons. The fourth-order valence-electron chi connectivity index (χ4n) is 4.31. The molecule has 5 aromatic rings. The van der Waals surface area contributed by atoms with Crippen LogP contribution in [0.25, 0.3) is 44.3 Å².